The lowest BCUT2D eigenvalue weighted by Gasteiger charge is -2.30. The van der Waals surface area contributed by atoms with Crippen molar-refractivity contribution in [2.24, 2.45) is 23.5 Å². The molecule has 1 saturated heterocycles. The van der Waals surface area contributed by atoms with Gasteiger partial charge in [0.05, 0.1) is 18.1 Å². The van der Waals surface area contributed by atoms with Crippen molar-refractivity contribution in [1.29, 1.82) is 0 Å². The van der Waals surface area contributed by atoms with Crippen molar-refractivity contribution in [3.05, 3.63) is 0 Å². The van der Waals surface area contributed by atoms with Gasteiger partial charge in [0.15, 0.2) is 0 Å². The molecule has 4 unspecified atom stereocenters. The van der Waals surface area contributed by atoms with E-state index >= 15 is 0 Å². The zero-order chi connectivity index (χ0) is 12.2. The minimum Gasteiger partial charge on any atom is -0.388 e. The van der Waals surface area contributed by atoms with Gasteiger partial charge < -0.3 is 20.8 Å². The minimum absolute atomic E-state index is 0.0175. The third-order valence-electron chi connectivity index (χ3n) is 4.84. The van der Waals surface area contributed by atoms with E-state index in [9.17, 15) is 15.0 Å². The van der Waals surface area contributed by atoms with Crippen molar-refractivity contribution >= 4 is 5.91 Å². The summed E-state index contributed by atoms with van der Waals surface area (Å²) in [4.78, 5) is 13.9. The number of likely N-dealkylation sites (tertiary alicyclic amines) is 1. The largest absolute Gasteiger partial charge is 0.388 e. The van der Waals surface area contributed by atoms with Crippen molar-refractivity contribution in [3.8, 4) is 0 Å². The number of aliphatic hydroxyl groups is 2. The van der Waals surface area contributed by atoms with Gasteiger partial charge in [0.25, 0.3) is 0 Å². The molecule has 1 amide bonds. The summed E-state index contributed by atoms with van der Waals surface area (Å²) in [5, 5.41) is 19.0. The Balaban J connectivity index is 1.71. The average molecular weight is 240 g/mol. The van der Waals surface area contributed by atoms with Gasteiger partial charge in [-0.25, -0.2) is 0 Å². The van der Waals surface area contributed by atoms with Gasteiger partial charge >= 0.3 is 0 Å². The van der Waals surface area contributed by atoms with E-state index in [0.717, 1.165) is 19.3 Å². The molecule has 3 fully saturated rings. The number of rotatable bonds is 1. The number of amides is 1. The molecule has 17 heavy (non-hydrogen) atoms. The molecular weight excluding hydrogens is 220 g/mol. The third-order valence-corrected chi connectivity index (χ3v) is 4.84. The molecule has 5 heteroatoms. The molecule has 1 heterocycles. The van der Waals surface area contributed by atoms with Gasteiger partial charge in [-0.3, -0.25) is 4.79 Å². The molecule has 2 bridgehead atoms. The van der Waals surface area contributed by atoms with Gasteiger partial charge in [-0.05, 0) is 31.1 Å². The van der Waals surface area contributed by atoms with E-state index in [1.807, 2.05) is 0 Å². The normalized spacial score (nSPS) is 49.0. The fourth-order valence-electron chi connectivity index (χ4n) is 3.86. The predicted octanol–water partition coefficient (Wildman–Crippen LogP) is -1.08. The maximum Gasteiger partial charge on any atom is 0.227 e. The van der Waals surface area contributed by atoms with Gasteiger partial charge in [0.2, 0.25) is 5.91 Å². The Kier molecular flexibility index (Phi) is 2.65. The number of fused-ring (bicyclic) bond motifs is 2. The molecule has 0 aromatic heterocycles. The summed E-state index contributed by atoms with van der Waals surface area (Å²) in [6.45, 7) is 0.501. The maximum absolute atomic E-state index is 12.4. The van der Waals surface area contributed by atoms with Crippen LogP contribution < -0.4 is 5.73 Å². The number of nitrogens with zero attached hydrogens (tertiary/aromatic N) is 1. The molecule has 4 N–H and O–H groups in total. The van der Waals surface area contributed by atoms with Crippen LogP contribution in [0.5, 0.6) is 0 Å². The first-order valence-electron chi connectivity index (χ1n) is 6.48. The number of β-amino-alcohol motifs (C(OH)–C–C–N with tert-alkyl or cyclic N) is 2. The van der Waals surface area contributed by atoms with Crippen LogP contribution in [0.1, 0.15) is 19.3 Å². The van der Waals surface area contributed by atoms with Crippen LogP contribution in [0.2, 0.25) is 0 Å². The van der Waals surface area contributed by atoms with Crippen LogP contribution in [0.4, 0.5) is 0 Å². The van der Waals surface area contributed by atoms with E-state index in [-0.39, 0.29) is 31.0 Å². The highest BCUT2D eigenvalue weighted by Crippen LogP contribution is 2.48. The van der Waals surface area contributed by atoms with Gasteiger partial charge in [-0.2, -0.15) is 0 Å². The summed E-state index contributed by atoms with van der Waals surface area (Å²) in [6.07, 6.45) is 1.74. The Bertz CT molecular complexity index is 324. The van der Waals surface area contributed by atoms with E-state index in [1.165, 1.54) is 0 Å². The summed E-state index contributed by atoms with van der Waals surface area (Å²) < 4.78 is 0. The van der Waals surface area contributed by atoms with Crippen molar-refractivity contribution in [3.63, 3.8) is 0 Å². The zero-order valence-corrected chi connectivity index (χ0v) is 9.83. The number of nitrogens with two attached hydrogens (primary N) is 1. The van der Waals surface area contributed by atoms with Crippen molar-refractivity contribution in [1.82, 2.24) is 4.90 Å². The molecule has 3 rings (SSSR count). The molecule has 0 radical (unpaired) electrons. The summed E-state index contributed by atoms with van der Waals surface area (Å²) in [7, 11) is 0. The van der Waals surface area contributed by atoms with Crippen LogP contribution in [-0.4, -0.2) is 52.4 Å². The van der Waals surface area contributed by atoms with Crippen LogP contribution in [-0.2, 0) is 4.79 Å². The van der Waals surface area contributed by atoms with Crippen LogP contribution in [0.15, 0.2) is 0 Å². The predicted molar refractivity (Wildman–Crippen MR) is 60.9 cm³/mol. The number of carbonyl (C=O) groups is 1. The molecule has 2 aliphatic carbocycles. The number of aliphatic hydroxyl groups excluding tert-OH is 2. The number of hydrogen-bond donors (Lipinski definition) is 3. The first kappa shape index (κ1) is 11.4. The molecule has 0 aromatic carbocycles. The molecule has 6 atom stereocenters. The van der Waals surface area contributed by atoms with Crippen LogP contribution >= 0.6 is 0 Å². The third kappa shape index (κ3) is 1.68. The lowest BCUT2D eigenvalue weighted by Crippen LogP contribution is -2.46. The Morgan fingerprint density at radius 2 is 1.71 bits per heavy atom. The highest BCUT2D eigenvalue weighted by atomic mass is 16.3. The van der Waals surface area contributed by atoms with Crippen LogP contribution in [0, 0.1) is 17.8 Å². The summed E-state index contributed by atoms with van der Waals surface area (Å²) in [5.41, 5.74) is 6.13. The van der Waals surface area contributed by atoms with E-state index in [2.05, 4.69) is 0 Å². The highest BCUT2D eigenvalue weighted by molar-refractivity contribution is 5.81. The van der Waals surface area contributed by atoms with E-state index < -0.39 is 12.2 Å². The molecule has 1 aliphatic heterocycles. The van der Waals surface area contributed by atoms with Gasteiger partial charge in [-0.15, -0.1) is 0 Å². The molecular formula is C12H20N2O3. The lowest BCUT2D eigenvalue weighted by atomic mass is 9.84. The first-order valence-corrected chi connectivity index (χ1v) is 6.48. The maximum atomic E-state index is 12.4. The second kappa shape index (κ2) is 3.93. The summed E-state index contributed by atoms with van der Waals surface area (Å²) >= 11 is 0. The Hall–Kier alpha value is -0.650. The summed E-state index contributed by atoms with van der Waals surface area (Å²) in [5.74, 6) is 0.898. The van der Waals surface area contributed by atoms with Crippen LogP contribution in [0.3, 0.4) is 0 Å². The fraction of sp³-hybridized carbons (Fsp3) is 0.917. The second-order valence-electron chi connectivity index (χ2n) is 5.81. The van der Waals surface area contributed by atoms with Gasteiger partial charge in [-0.1, -0.05) is 0 Å². The smallest absolute Gasteiger partial charge is 0.227 e. The molecule has 5 nitrogen and oxygen atoms in total. The zero-order valence-electron chi connectivity index (χ0n) is 9.83. The standard InChI is InChI=1S/C12H20N2O3/c13-11-7-2-1-6(3-7)10(11)12(17)14-4-8(15)9(16)5-14/h6-11,15-16H,1-5,13H2/t6?,7?,8-,9+,10?,11?. The summed E-state index contributed by atoms with van der Waals surface area (Å²) in [6, 6.07) is -0.0175. The van der Waals surface area contributed by atoms with Crippen LogP contribution in [0.25, 0.3) is 0 Å². The minimum atomic E-state index is -0.797. The number of carbonyl (C=O) groups excluding carboxylic acids is 1. The van der Waals surface area contributed by atoms with Gasteiger partial charge in [0, 0.05) is 19.1 Å². The quantitative estimate of drug-likeness (QED) is 0.544. The van der Waals surface area contributed by atoms with Gasteiger partial charge in [0.1, 0.15) is 0 Å². The second-order valence-corrected chi connectivity index (χ2v) is 5.81. The molecule has 0 aromatic rings. The Labute approximate surface area is 101 Å². The molecule has 2 saturated carbocycles. The topological polar surface area (TPSA) is 86.8 Å². The lowest BCUT2D eigenvalue weighted by molar-refractivity contribution is -0.137. The molecule has 0 spiro atoms. The number of hydrogen-bond acceptors (Lipinski definition) is 4. The first-order chi connectivity index (χ1) is 8.08. The van der Waals surface area contributed by atoms with E-state index in [0.29, 0.717) is 11.8 Å². The van der Waals surface area contributed by atoms with Crippen molar-refractivity contribution < 1.29 is 15.0 Å². The molecule has 96 valence electrons. The Morgan fingerprint density at radius 3 is 2.24 bits per heavy atom. The monoisotopic (exact) mass is 240 g/mol. The highest BCUT2D eigenvalue weighted by Gasteiger charge is 2.51. The van der Waals surface area contributed by atoms with E-state index in [4.69, 9.17) is 5.73 Å². The fourth-order valence-corrected chi connectivity index (χ4v) is 3.86. The SMILES string of the molecule is NC1C2CCC(C2)C1C(=O)N1C[C@@H](O)[C@@H](O)C1. The molecule has 3 aliphatic rings. The Morgan fingerprint density at radius 1 is 1.12 bits per heavy atom. The van der Waals surface area contributed by atoms with E-state index in [1.54, 1.807) is 4.90 Å². The average Bonchev–Trinajstić information content (AvgIpc) is 2.94. The van der Waals surface area contributed by atoms with Crippen molar-refractivity contribution in [2.45, 2.75) is 37.5 Å². The van der Waals surface area contributed by atoms with Crippen molar-refractivity contribution in [2.75, 3.05) is 13.1 Å².